The lowest BCUT2D eigenvalue weighted by Crippen LogP contribution is -2.17. The number of aliphatic hydroxyl groups is 3. The summed E-state index contributed by atoms with van der Waals surface area (Å²) in [5, 5.41) is 73.1. The van der Waals surface area contributed by atoms with Crippen molar-refractivity contribution in [2.45, 2.75) is 105 Å². The Labute approximate surface area is 839 Å². The van der Waals surface area contributed by atoms with Crippen LogP contribution in [0.5, 0.6) is 0 Å². The molecule has 143 heavy (non-hydrogen) atoms. The van der Waals surface area contributed by atoms with Crippen LogP contribution in [0.4, 0.5) is 34.1 Å². The number of nitrogens with two attached hydrogens (primary N) is 2. The summed E-state index contributed by atoms with van der Waals surface area (Å²) in [5.74, 6) is 0.0376. The molecule has 3 saturated carbocycles. The maximum atomic E-state index is 13.3. The Balaban J connectivity index is 0.000000160. The number of ether oxygens (including phenoxy) is 2. The van der Waals surface area contributed by atoms with Gasteiger partial charge in [0.1, 0.15) is 41.5 Å². The van der Waals surface area contributed by atoms with E-state index in [-0.39, 0.29) is 43.1 Å². The maximum absolute atomic E-state index is 13.3. The zero-order valence-electron chi connectivity index (χ0n) is 77.8. The highest BCUT2D eigenvalue weighted by Crippen LogP contribution is 2.38. The van der Waals surface area contributed by atoms with Crippen molar-refractivity contribution in [1.29, 1.82) is 5.26 Å². The third-order valence-electron chi connectivity index (χ3n) is 22.2. The molecule has 8 aromatic carbocycles. The van der Waals surface area contributed by atoms with E-state index in [0.29, 0.717) is 140 Å². The number of aliphatic hydroxyl groups excluding tert-OH is 3. The first-order chi connectivity index (χ1) is 68.8. The summed E-state index contributed by atoms with van der Waals surface area (Å²) in [7, 11) is 7.36. The zero-order valence-corrected chi connectivity index (χ0v) is 80.1. The first-order valence-electron chi connectivity index (χ1n) is 45.2. The van der Waals surface area contributed by atoms with Gasteiger partial charge in [-0.2, -0.15) is 25.7 Å². The number of rotatable bonds is 27. The number of nitriles is 1. The number of carboxylic acid groups (broad SMARTS) is 1. The van der Waals surface area contributed by atoms with Gasteiger partial charge in [0.15, 0.2) is 17.1 Å². The number of anilines is 4. The molecule has 3 amide bonds. The molecule has 8 aromatic heterocycles. The number of nitrogen functional groups attached to an aromatic ring is 1. The molecule has 16 aromatic rings. The van der Waals surface area contributed by atoms with Gasteiger partial charge in [-0.25, -0.2) is 37.4 Å². The van der Waals surface area contributed by atoms with Gasteiger partial charge in [0.2, 0.25) is 9.23 Å². The van der Waals surface area contributed by atoms with Crippen molar-refractivity contribution in [3.63, 3.8) is 0 Å². The second-order valence-electron chi connectivity index (χ2n) is 33.4. The summed E-state index contributed by atoms with van der Waals surface area (Å²) in [5.41, 5.74) is 29.8. The van der Waals surface area contributed by atoms with E-state index in [4.69, 9.17) is 53.8 Å². The summed E-state index contributed by atoms with van der Waals surface area (Å²) in [4.78, 5) is 74.1. The van der Waals surface area contributed by atoms with Gasteiger partial charge in [0, 0.05) is 129 Å². The number of aryl methyl sites for hydroxylation is 4. The van der Waals surface area contributed by atoms with Crippen LogP contribution in [0.1, 0.15) is 191 Å². The van der Waals surface area contributed by atoms with Crippen LogP contribution in [-0.4, -0.2) is 127 Å². The summed E-state index contributed by atoms with van der Waals surface area (Å²) in [6.07, 6.45) is 19.1. The first kappa shape index (κ1) is 106. The largest absolute Gasteiger partial charge is 0.477 e. The smallest absolute Gasteiger partial charge is 0.354 e. The van der Waals surface area contributed by atoms with E-state index in [2.05, 4.69) is 87.3 Å². The molecule has 728 valence electrons. The lowest BCUT2D eigenvalue weighted by Gasteiger charge is -2.19. The molecule has 4 atom stereocenters. The number of halogens is 2. The fourth-order valence-corrected chi connectivity index (χ4v) is 14.6. The number of amides is 3. The number of carbonyl (C=O) groups excluding carboxylic acids is 3. The van der Waals surface area contributed by atoms with Gasteiger partial charge in [-0.1, -0.05) is 123 Å². The number of aromatic carboxylic acids is 1. The van der Waals surface area contributed by atoms with Crippen molar-refractivity contribution in [1.82, 2.24) is 59.1 Å². The average Bonchev–Trinajstić information content (AvgIpc) is 1.76. The monoisotopic (exact) mass is 1970 g/mol. The second-order valence-corrected chi connectivity index (χ2v) is 35.9. The number of pyridine rings is 4. The topological polar surface area (TPSA) is 428 Å². The Morgan fingerprint density at radius 2 is 0.776 bits per heavy atom. The van der Waals surface area contributed by atoms with E-state index in [1.807, 2.05) is 154 Å². The summed E-state index contributed by atoms with van der Waals surface area (Å²) >= 11 is 0. The van der Waals surface area contributed by atoms with E-state index >= 15 is 0 Å². The van der Waals surface area contributed by atoms with Crippen LogP contribution < -0.4 is 27.4 Å². The Morgan fingerprint density at radius 1 is 0.448 bits per heavy atom. The van der Waals surface area contributed by atoms with Crippen LogP contribution in [0.15, 0.2) is 316 Å². The molecule has 0 radical (unpaired) electrons. The number of nitrogens with zero attached hydrogens (tertiary/aromatic N) is 15. The molecule has 11 N–H and O–H groups in total. The molecule has 8 heterocycles. The molecular weight excluding hydrogens is 1870 g/mol. The number of hydrogen-bond donors (Lipinski definition) is 9. The average molecular weight is 1980 g/mol. The van der Waals surface area contributed by atoms with Crippen LogP contribution in [0.3, 0.4) is 0 Å². The van der Waals surface area contributed by atoms with E-state index in [0.717, 1.165) is 56.9 Å². The van der Waals surface area contributed by atoms with Gasteiger partial charge in [-0.05, 0) is 263 Å². The number of aromatic nitrogens is 12. The lowest BCUT2D eigenvalue weighted by atomic mass is 10.0. The van der Waals surface area contributed by atoms with Crippen molar-refractivity contribution < 1.29 is 53.3 Å². The van der Waals surface area contributed by atoms with Crippen molar-refractivity contribution in [3.05, 3.63) is 441 Å². The van der Waals surface area contributed by atoms with Gasteiger partial charge in [0.05, 0.1) is 83.5 Å². The van der Waals surface area contributed by atoms with Crippen molar-refractivity contribution in [3.8, 4) is 28.8 Å². The maximum Gasteiger partial charge on any atom is 0.354 e. The number of hydrogen-bond acceptors (Lipinski definition) is 21. The van der Waals surface area contributed by atoms with Gasteiger partial charge in [0.25, 0.3) is 17.7 Å². The lowest BCUT2D eigenvalue weighted by molar-refractivity contribution is 0.0685. The van der Waals surface area contributed by atoms with E-state index in [1.165, 1.54) is 54.0 Å². The van der Waals surface area contributed by atoms with Crippen LogP contribution in [0.25, 0.3) is 32.4 Å². The first-order valence-corrected chi connectivity index (χ1v) is 48.0. The van der Waals surface area contributed by atoms with Crippen LogP contribution in [0, 0.1) is 69.9 Å². The Bertz CT molecular complexity index is 7140. The van der Waals surface area contributed by atoms with Crippen LogP contribution in [0.2, 0.25) is 0 Å². The van der Waals surface area contributed by atoms with Gasteiger partial charge < -0.3 is 57.3 Å². The molecule has 3 aliphatic rings. The SMILES string of the molecule is C.Cc1cc(C(=O)Nc2cccc(C(OCC3CC3)c3cccnc3)c2)n(-c2cccc(CN)c2)n1.Cc1cc(C(=O)O)n(-c2cccc(C#N)c2)n1.Nc1cccc(C(O)c2cccnc2)c1.O=S(Cl)Cl.OCC1CC1.[C-]#[N+]c1cccc(-n2nc(C)cc2C(=O)Nc2cccc(C(O)c3cccnc3)c2)c1.[C-]#[N+]c1cccc(-n2nc(C)cc2C(=O)Nc2cccc(C(OCC3CC3)c3cccnc3)c2)c1. The number of benzene rings is 8. The number of nitrogens with one attached hydrogen (secondary N) is 3. The van der Waals surface area contributed by atoms with E-state index in [9.17, 15) is 29.4 Å². The van der Waals surface area contributed by atoms with Gasteiger partial charge in [-0.3, -0.25) is 34.3 Å². The van der Waals surface area contributed by atoms with Crippen molar-refractivity contribution in [2.75, 3.05) is 41.5 Å². The molecule has 3 aliphatic carbocycles. The molecule has 0 spiro atoms. The molecule has 0 saturated heterocycles. The summed E-state index contributed by atoms with van der Waals surface area (Å²) < 4.78 is 27.8. The van der Waals surface area contributed by atoms with E-state index < -0.39 is 27.4 Å². The zero-order chi connectivity index (χ0) is 101. The fourth-order valence-electron chi connectivity index (χ4n) is 14.6. The normalized spacial score (nSPS) is 12.8. The third kappa shape index (κ3) is 31.2. The van der Waals surface area contributed by atoms with E-state index in [1.54, 1.807) is 200 Å². The molecule has 0 aliphatic heterocycles. The quantitative estimate of drug-likeness (QED) is 0.0131. The highest BCUT2D eigenvalue weighted by Gasteiger charge is 2.29. The molecular formula is C109H106Cl2N20O11S. The molecule has 19 rings (SSSR count). The molecule has 3 fully saturated rings. The van der Waals surface area contributed by atoms with Crippen LogP contribution >= 0.6 is 21.4 Å². The molecule has 34 heteroatoms. The Hall–Kier alpha value is -16.2. The highest BCUT2D eigenvalue weighted by molar-refractivity contribution is 8.26. The standard InChI is InChI=1S/C28H25N5O2.C28H29N5O2.C24H19N5O2.C12H9N3O2.C12H12N2O.C4H8O.CH4.Cl2OS/c1-19-14-26(33(32-19)25-10-4-8-23(16-25)29-2)28(34)31-24-9-3-6-21(15-24)27(35-18-20-11-12-20)22-7-5-13-30-17-22;1-19-13-26(33(32-19)25-9-2-5-21(14-25)16-29)28(34)31-24-8-3-6-22(15-24)27(35-18-20-10-11-20)23-7-4-12-30-17-23;1-16-12-22(29(28-16)21-10-4-8-19(14-21)25-2)24(31)27-20-9-3-6-17(13-20)23(30)18-7-5-11-26-15-18;1-8-5-11(12(16)17)15(14-8)10-4-2-3-9(6-10)7-13;13-11-5-1-3-9(7-11)12(15)10-4-2-6-14-8-10;5-3-4-1-2-4;;1-4(2)3/h3-10,13-17,20,27H,11-12,18H2,1H3,(H,31,34);2-9,12-15,17,20,27H,10-11,16,18,29H2,1H3,(H,31,34);3-15,23,30H,1H3,(H,27,31);2-6H,1H3,(H,16,17);1-8,12,15H,13H2;4-5H,1-3H2;1H4;. The van der Waals surface area contributed by atoms with Gasteiger partial charge in [-0.15, -0.1) is 0 Å². The third-order valence-corrected chi connectivity index (χ3v) is 22.2. The van der Waals surface area contributed by atoms with Crippen molar-refractivity contribution in [2.24, 2.45) is 23.5 Å². The molecule has 0 bridgehead atoms. The van der Waals surface area contributed by atoms with Crippen molar-refractivity contribution >= 4 is 88.4 Å². The molecule has 31 nitrogen and oxygen atoms in total. The van der Waals surface area contributed by atoms with Gasteiger partial charge >= 0.3 is 5.97 Å². The number of carbonyl (C=O) groups is 4. The minimum Gasteiger partial charge on any atom is -0.477 e. The minimum atomic E-state index is -1.67. The minimum absolute atomic E-state index is 0. The summed E-state index contributed by atoms with van der Waals surface area (Å²) in [6.45, 7) is 24.0. The fraction of sp³-hybridized carbons (Fsp3) is 0.202. The second kappa shape index (κ2) is 52.2. The highest BCUT2D eigenvalue weighted by atomic mass is 36.0. The summed E-state index contributed by atoms with van der Waals surface area (Å²) in [6, 6.07) is 81.9. The Morgan fingerprint density at radius 3 is 1.13 bits per heavy atom. The molecule has 4 unspecified atom stereocenters. The number of carboxylic acids is 1. The predicted molar refractivity (Wildman–Crippen MR) is 552 cm³/mol. The predicted octanol–water partition coefficient (Wildman–Crippen LogP) is 20.7. The van der Waals surface area contributed by atoms with Crippen LogP contribution in [-0.2, 0) is 25.2 Å². The Kier molecular flexibility index (Phi) is 38.6.